The van der Waals surface area contributed by atoms with Gasteiger partial charge >= 0.3 is 0 Å². The highest BCUT2D eigenvalue weighted by Gasteiger charge is 2.21. The molecule has 2 aromatic rings. The summed E-state index contributed by atoms with van der Waals surface area (Å²) in [7, 11) is 1.68. The molecule has 134 valence electrons. The molecular formula is C19H24N2O4. The fraction of sp³-hybridized carbons (Fsp3) is 0.368. The molecule has 1 N–H and O–H groups in total. The number of likely N-dealkylation sites (N-methyl/N-ethyl adjacent to an activating group) is 1. The topological polar surface area (TPSA) is 71.8 Å². The summed E-state index contributed by atoms with van der Waals surface area (Å²) in [4.78, 5) is 25.8. The van der Waals surface area contributed by atoms with Gasteiger partial charge in [-0.15, -0.1) is 0 Å². The first-order valence-electron chi connectivity index (χ1n) is 8.17. The molecule has 0 saturated heterocycles. The predicted molar refractivity (Wildman–Crippen MR) is 94.7 cm³/mol. The average Bonchev–Trinajstić information content (AvgIpc) is 3.07. The van der Waals surface area contributed by atoms with Crippen LogP contribution in [0.4, 0.5) is 0 Å². The van der Waals surface area contributed by atoms with Gasteiger partial charge in [0.15, 0.2) is 5.76 Å². The normalized spacial score (nSPS) is 11.7. The van der Waals surface area contributed by atoms with Gasteiger partial charge in [-0.1, -0.05) is 6.07 Å². The molecule has 1 aromatic carbocycles. The second-order valence-corrected chi connectivity index (χ2v) is 6.10. The van der Waals surface area contributed by atoms with E-state index in [-0.39, 0.29) is 11.7 Å². The third kappa shape index (κ3) is 5.38. The van der Waals surface area contributed by atoms with Crippen molar-refractivity contribution in [3.05, 3.63) is 53.5 Å². The number of hydrogen-bond donors (Lipinski definition) is 1. The number of rotatable bonds is 7. The highest BCUT2D eigenvalue weighted by Crippen LogP contribution is 2.16. The molecular weight excluding hydrogens is 320 g/mol. The van der Waals surface area contributed by atoms with Gasteiger partial charge in [0.2, 0.25) is 5.91 Å². The SMILES string of the molecule is Cc1cc(C)cc(OCCN(C)C(=O)[C@H](C)NC(=O)c2ccco2)c1. The number of aryl methyl sites for hydroxylation is 2. The van der Waals surface area contributed by atoms with E-state index in [0.717, 1.165) is 16.9 Å². The van der Waals surface area contributed by atoms with Gasteiger partial charge in [-0.05, 0) is 56.2 Å². The smallest absolute Gasteiger partial charge is 0.287 e. The number of carbonyl (C=O) groups excluding carboxylic acids is 2. The number of hydrogen-bond acceptors (Lipinski definition) is 4. The minimum absolute atomic E-state index is 0.181. The summed E-state index contributed by atoms with van der Waals surface area (Å²) in [5.74, 6) is 0.368. The summed E-state index contributed by atoms with van der Waals surface area (Å²) in [6.45, 7) is 6.47. The lowest BCUT2D eigenvalue weighted by Gasteiger charge is -2.22. The number of nitrogens with one attached hydrogen (secondary N) is 1. The number of nitrogens with zero attached hydrogens (tertiary/aromatic N) is 1. The fourth-order valence-electron chi connectivity index (χ4n) is 2.49. The van der Waals surface area contributed by atoms with Crippen molar-refractivity contribution in [1.29, 1.82) is 0 Å². The zero-order valence-electron chi connectivity index (χ0n) is 15.0. The highest BCUT2D eigenvalue weighted by molar-refractivity contribution is 5.95. The number of amides is 2. The van der Waals surface area contributed by atoms with E-state index in [2.05, 4.69) is 11.4 Å². The molecule has 25 heavy (non-hydrogen) atoms. The lowest BCUT2D eigenvalue weighted by Crippen LogP contribution is -2.46. The zero-order valence-corrected chi connectivity index (χ0v) is 15.0. The van der Waals surface area contributed by atoms with Crippen molar-refractivity contribution in [2.24, 2.45) is 0 Å². The Morgan fingerprint density at radius 3 is 2.52 bits per heavy atom. The number of ether oxygens (including phenoxy) is 1. The largest absolute Gasteiger partial charge is 0.492 e. The Morgan fingerprint density at radius 1 is 1.24 bits per heavy atom. The van der Waals surface area contributed by atoms with Gasteiger partial charge in [-0.3, -0.25) is 9.59 Å². The van der Waals surface area contributed by atoms with Crippen LogP contribution in [0.3, 0.4) is 0 Å². The number of carbonyl (C=O) groups is 2. The Morgan fingerprint density at radius 2 is 1.92 bits per heavy atom. The van der Waals surface area contributed by atoms with E-state index >= 15 is 0 Å². The van der Waals surface area contributed by atoms with Crippen molar-refractivity contribution >= 4 is 11.8 Å². The monoisotopic (exact) mass is 344 g/mol. The quantitative estimate of drug-likeness (QED) is 0.838. The summed E-state index contributed by atoms with van der Waals surface area (Å²) in [5, 5.41) is 2.62. The van der Waals surface area contributed by atoms with E-state index in [4.69, 9.17) is 9.15 Å². The summed E-state index contributed by atoms with van der Waals surface area (Å²) < 4.78 is 10.7. The molecule has 0 radical (unpaired) electrons. The van der Waals surface area contributed by atoms with Crippen molar-refractivity contribution < 1.29 is 18.7 Å². The highest BCUT2D eigenvalue weighted by atomic mass is 16.5. The molecule has 0 bridgehead atoms. The van der Waals surface area contributed by atoms with Gasteiger partial charge in [0.05, 0.1) is 12.8 Å². The summed E-state index contributed by atoms with van der Waals surface area (Å²) >= 11 is 0. The minimum Gasteiger partial charge on any atom is -0.492 e. The van der Waals surface area contributed by atoms with E-state index in [1.165, 1.54) is 11.2 Å². The molecule has 6 heteroatoms. The van der Waals surface area contributed by atoms with Crippen molar-refractivity contribution in [2.75, 3.05) is 20.2 Å². The summed E-state index contributed by atoms with van der Waals surface area (Å²) in [6, 6.07) is 8.52. The van der Waals surface area contributed by atoms with Crippen LogP contribution in [0, 0.1) is 13.8 Å². The van der Waals surface area contributed by atoms with Crippen molar-refractivity contribution in [2.45, 2.75) is 26.8 Å². The second-order valence-electron chi connectivity index (χ2n) is 6.10. The number of benzene rings is 1. The fourth-order valence-corrected chi connectivity index (χ4v) is 2.49. The third-order valence-electron chi connectivity index (χ3n) is 3.73. The van der Waals surface area contributed by atoms with Crippen LogP contribution in [0.2, 0.25) is 0 Å². The second kappa shape index (κ2) is 8.37. The van der Waals surface area contributed by atoms with Crippen molar-refractivity contribution in [3.8, 4) is 5.75 Å². The maximum Gasteiger partial charge on any atom is 0.287 e. The molecule has 0 fully saturated rings. The van der Waals surface area contributed by atoms with Crippen LogP contribution < -0.4 is 10.1 Å². The van der Waals surface area contributed by atoms with E-state index in [1.807, 2.05) is 26.0 Å². The van der Waals surface area contributed by atoms with Gasteiger partial charge in [0, 0.05) is 7.05 Å². The minimum atomic E-state index is -0.649. The Labute approximate surface area is 147 Å². The van der Waals surface area contributed by atoms with Crippen LogP contribution in [0.15, 0.2) is 41.0 Å². The predicted octanol–water partition coefficient (Wildman–Crippen LogP) is 2.55. The van der Waals surface area contributed by atoms with Gasteiger partial charge in [-0.25, -0.2) is 0 Å². The average molecular weight is 344 g/mol. The van der Waals surface area contributed by atoms with Crippen LogP contribution in [-0.2, 0) is 4.79 Å². The van der Waals surface area contributed by atoms with Crippen molar-refractivity contribution in [1.82, 2.24) is 10.2 Å². The summed E-state index contributed by atoms with van der Waals surface area (Å²) in [5.41, 5.74) is 2.27. The molecule has 0 spiro atoms. The van der Waals surface area contributed by atoms with Gasteiger partial charge < -0.3 is 19.4 Å². The third-order valence-corrected chi connectivity index (χ3v) is 3.73. The lowest BCUT2D eigenvalue weighted by atomic mass is 10.1. The molecule has 0 aliphatic heterocycles. The van der Waals surface area contributed by atoms with E-state index in [0.29, 0.717) is 13.2 Å². The Hall–Kier alpha value is -2.76. The van der Waals surface area contributed by atoms with E-state index < -0.39 is 11.9 Å². The van der Waals surface area contributed by atoms with Crippen LogP contribution >= 0.6 is 0 Å². The first kappa shape index (κ1) is 18.6. The Kier molecular flexibility index (Phi) is 6.22. The van der Waals surface area contributed by atoms with Gasteiger partial charge in [-0.2, -0.15) is 0 Å². The Bertz CT molecular complexity index is 705. The molecule has 2 amide bonds. The van der Waals surface area contributed by atoms with Crippen LogP contribution in [0.1, 0.15) is 28.6 Å². The Balaban J connectivity index is 1.80. The van der Waals surface area contributed by atoms with Gasteiger partial charge in [0.25, 0.3) is 5.91 Å². The molecule has 0 saturated carbocycles. The zero-order chi connectivity index (χ0) is 18.4. The first-order valence-corrected chi connectivity index (χ1v) is 8.17. The van der Waals surface area contributed by atoms with Gasteiger partial charge in [0.1, 0.15) is 18.4 Å². The molecule has 2 rings (SSSR count). The molecule has 1 aromatic heterocycles. The van der Waals surface area contributed by atoms with E-state index in [9.17, 15) is 9.59 Å². The van der Waals surface area contributed by atoms with Crippen LogP contribution in [0.25, 0.3) is 0 Å². The maximum absolute atomic E-state index is 12.3. The van der Waals surface area contributed by atoms with E-state index in [1.54, 1.807) is 26.1 Å². The molecule has 0 aliphatic carbocycles. The standard InChI is InChI=1S/C19H24N2O4/c1-13-10-14(2)12-16(11-13)24-9-7-21(4)19(23)15(3)20-18(22)17-6-5-8-25-17/h5-6,8,10-12,15H,7,9H2,1-4H3,(H,20,22)/t15-/m0/s1. The maximum atomic E-state index is 12.3. The molecule has 1 heterocycles. The van der Waals surface area contributed by atoms with Crippen LogP contribution in [0.5, 0.6) is 5.75 Å². The molecule has 1 atom stereocenters. The molecule has 0 aliphatic rings. The van der Waals surface area contributed by atoms with Crippen LogP contribution in [-0.4, -0.2) is 43.0 Å². The number of furan rings is 1. The molecule has 0 unspecified atom stereocenters. The lowest BCUT2D eigenvalue weighted by molar-refractivity contribution is -0.131. The summed E-state index contributed by atoms with van der Waals surface area (Å²) in [6.07, 6.45) is 1.41. The first-order chi connectivity index (χ1) is 11.9. The molecule has 6 nitrogen and oxygen atoms in total. The van der Waals surface area contributed by atoms with Crippen molar-refractivity contribution in [3.63, 3.8) is 0 Å².